The van der Waals surface area contributed by atoms with Gasteiger partial charge < -0.3 is 9.72 Å². The van der Waals surface area contributed by atoms with E-state index in [4.69, 9.17) is 16.3 Å². The monoisotopic (exact) mass is 182 g/mol. The fraction of sp³-hybridized carbons (Fsp3) is 0.125. The zero-order valence-corrected chi connectivity index (χ0v) is 7.22. The molecule has 0 aliphatic carbocycles. The molecule has 62 valence electrons. The standard InChI is InChI=1S/C8H7ClN2O/c1-12-5-2-6(9)8-7(3-5)10-4-11-8/h2-4H,1H3,(H,10,11). The van der Waals surface area contributed by atoms with Crippen LogP contribution in [0.15, 0.2) is 18.5 Å². The van der Waals surface area contributed by atoms with E-state index < -0.39 is 0 Å². The van der Waals surface area contributed by atoms with Gasteiger partial charge in [0, 0.05) is 12.1 Å². The lowest BCUT2D eigenvalue weighted by Gasteiger charge is -1.99. The number of imidazole rings is 1. The van der Waals surface area contributed by atoms with E-state index in [0.29, 0.717) is 5.02 Å². The SMILES string of the molecule is COc1cc(Cl)c2nc[nH]c2c1. The van der Waals surface area contributed by atoms with Crippen molar-refractivity contribution in [1.29, 1.82) is 0 Å². The van der Waals surface area contributed by atoms with E-state index in [-0.39, 0.29) is 0 Å². The smallest absolute Gasteiger partial charge is 0.122 e. The highest BCUT2D eigenvalue weighted by atomic mass is 35.5. The molecule has 3 nitrogen and oxygen atoms in total. The molecule has 0 spiro atoms. The zero-order valence-electron chi connectivity index (χ0n) is 6.47. The highest BCUT2D eigenvalue weighted by Crippen LogP contribution is 2.26. The van der Waals surface area contributed by atoms with Gasteiger partial charge in [-0.15, -0.1) is 0 Å². The average Bonchev–Trinajstić information content (AvgIpc) is 2.52. The summed E-state index contributed by atoms with van der Waals surface area (Å²) in [7, 11) is 1.61. The highest BCUT2D eigenvalue weighted by molar-refractivity contribution is 6.35. The number of rotatable bonds is 1. The van der Waals surface area contributed by atoms with Crippen LogP contribution in [0, 0.1) is 0 Å². The van der Waals surface area contributed by atoms with Gasteiger partial charge in [-0.2, -0.15) is 0 Å². The molecule has 0 bridgehead atoms. The minimum Gasteiger partial charge on any atom is -0.497 e. The zero-order chi connectivity index (χ0) is 8.55. The van der Waals surface area contributed by atoms with Crippen LogP contribution in [0.5, 0.6) is 5.75 Å². The largest absolute Gasteiger partial charge is 0.497 e. The van der Waals surface area contributed by atoms with Crippen LogP contribution in [-0.4, -0.2) is 17.1 Å². The summed E-state index contributed by atoms with van der Waals surface area (Å²) < 4.78 is 5.04. The Morgan fingerprint density at radius 2 is 2.33 bits per heavy atom. The van der Waals surface area contributed by atoms with Crippen molar-refractivity contribution in [2.75, 3.05) is 7.11 Å². The van der Waals surface area contributed by atoms with Gasteiger partial charge in [-0.3, -0.25) is 0 Å². The molecule has 0 radical (unpaired) electrons. The second-order valence-electron chi connectivity index (χ2n) is 2.41. The molecular formula is C8H7ClN2O. The number of ether oxygens (including phenoxy) is 1. The van der Waals surface area contributed by atoms with Crippen LogP contribution in [0.25, 0.3) is 11.0 Å². The predicted molar refractivity (Wildman–Crippen MR) is 47.7 cm³/mol. The molecule has 1 aromatic heterocycles. The Morgan fingerprint density at radius 3 is 3.08 bits per heavy atom. The fourth-order valence-corrected chi connectivity index (χ4v) is 1.36. The summed E-state index contributed by atoms with van der Waals surface area (Å²) in [4.78, 5) is 7.01. The summed E-state index contributed by atoms with van der Waals surface area (Å²) in [6.45, 7) is 0. The minimum atomic E-state index is 0.602. The number of H-pyrrole nitrogens is 1. The van der Waals surface area contributed by atoms with Crippen molar-refractivity contribution < 1.29 is 4.74 Å². The first-order chi connectivity index (χ1) is 5.81. The first-order valence-electron chi connectivity index (χ1n) is 3.48. The van der Waals surface area contributed by atoms with Crippen LogP contribution < -0.4 is 4.74 Å². The van der Waals surface area contributed by atoms with E-state index in [2.05, 4.69) is 9.97 Å². The number of hydrogen-bond acceptors (Lipinski definition) is 2. The first kappa shape index (κ1) is 7.43. The van der Waals surface area contributed by atoms with Crippen molar-refractivity contribution in [1.82, 2.24) is 9.97 Å². The number of benzene rings is 1. The van der Waals surface area contributed by atoms with Gasteiger partial charge >= 0.3 is 0 Å². The molecule has 0 unspecified atom stereocenters. The van der Waals surface area contributed by atoms with E-state index in [1.54, 1.807) is 19.5 Å². The van der Waals surface area contributed by atoms with E-state index in [1.807, 2.05) is 6.07 Å². The summed E-state index contributed by atoms with van der Waals surface area (Å²) in [6, 6.07) is 3.60. The normalized spacial score (nSPS) is 10.5. The molecule has 0 saturated heterocycles. The van der Waals surface area contributed by atoms with Crippen molar-refractivity contribution >= 4 is 22.6 Å². The van der Waals surface area contributed by atoms with Crippen LogP contribution in [0.4, 0.5) is 0 Å². The lowest BCUT2D eigenvalue weighted by Crippen LogP contribution is -1.82. The molecule has 0 saturated carbocycles. The number of aromatic amines is 1. The number of fused-ring (bicyclic) bond motifs is 1. The molecule has 0 aliphatic heterocycles. The van der Waals surface area contributed by atoms with Crippen molar-refractivity contribution in [3.63, 3.8) is 0 Å². The third-order valence-corrected chi connectivity index (χ3v) is 1.97. The molecule has 1 N–H and O–H groups in total. The molecular weight excluding hydrogens is 176 g/mol. The summed E-state index contributed by atoms with van der Waals surface area (Å²) in [5, 5.41) is 0.602. The molecule has 0 aliphatic rings. The Hall–Kier alpha value is -1.22. The van der Waals surface area contributed by atoms with Crippen LogP contribution >= 0.6 is 11.6 Å². The molecule has 4 heteroatoms. The fourth-order valence-electron chi connectivity index (χ4n) is 1.10. The quantitative estimate of drug-likeness (QED) is 0.735. The van der Waals surface area contributed by atoms with E-state index in [1.165, 1.54) is 0 Å². The van der Waals surface area contributed by atoms with Gasteiger partial charge in [-0.25, -0.2) is 4.98 Å². The van der Waals surface area contributed by atoms with Gasteiger partial charge in [-0.1, -0.05) is 11.6 Å². The van der Waals surface area contributed by atoms with Crippen LogP contribution in [0.3, 0.4) is 0 Å². The van der Waals surface area contributed by atoms with Crippen molar-refractivity contribution in [3.8, 4) is 5.75 Å². The number of methoxy groups -OCH3 is 1. The van der Waals surface area contributed by atoms with Crippen LogP contribution in [0.1, 0.15) is 0 Å². The Balaban J connectivity index is 2.75. The van der Waals surface area contributed by atoms with Crippen molar-refractivity contribution in [3.05, 3.63) is 23.5 Å². The lowest BCUT2D eigenvalue weighted by molar-refractivity contribution is 0.415. The molecule has 1 aromatic carbocycles. The number of hydrogen-bond donors (Lipinski definition) is 1. The third-order valence-electron chi connectivity index (χ3n) is 1.69. The molecule has 2 rings (SSSR count). The minimum absolute atomic E-state index is 0.602. The highest BCUT2D eigenvalue weighted by Gasteiger charge is 2.03. The van der Waals surface area contributed by atoms with Gasteiger partial charge in [0.1, 0.15) is 11.3 Å². The van der Waals surface area contributed by atoms with Gasteiger partial charge in [0.25, 0.3) is 0 Å². The lowest BCUT2D eigenvalue weighted by atomic mass is 10.3. The van der Waals surface area contributed by atoms with E-state index in [9.17, 15) is 0 Å². The van der Waals surface area contributed by atoms with Gasteiger partial charge in [0.15, 0.2) is 0 Å². The topological polar surface area (TPSA) is 37.9 Å². The third kappa shape index (κ3) is 1.02. The number of nitrogens with one attached hydrogen (secondary N) is 1. The maximum Gasteiger partial charge on any atom is 0.122 e. The van der Waals surface area contributed by atoms with Crippen LogP contribution in [0.2, 0.25) is 5.02 Å². The Bertz CT molecular complexity index is 410. The first-order valence-corrected chi connectivity index (χ1v) is 3.85. The molecule has 12 heavy (non-hydrogen) atoms. The number of nitrogens with zero attached hydrogens (tertiary/aromatic N) is 1. The number of halogens is 1. The maximum atomic E-state index is 5.92. The second kappa shape index (κ2) is 2.68. The molecule has 0 fully saturated rings. The van der Waals surface area contributed by atoms with Crippen molar-refractivity contribution in [2.24, 2.45) is 0 Å². The van der Waals surface area contributed by atoms with Gasteiger partial charge in [0.05, 0.1) is 24.0 Å². The predicted octanol–water partition coefficient (Wildman–Crippen LogP) is 2.22. The number of aromatic nitrogens is 2. The summed E-state index contributed by atoms with van der Waals surface area (Å²) >= 11 is 5.92. The Morgan fingerprint density at radius 1 is 1.50 bits per heavy atom. The molecule has 0 atom stereocenters. The Kier molecular flexibility index (Phi) is 1.66. The van der Waals surface area contributed by atoms with Gasteiger partial charge in [-0.05, 0) is 0 Å². The van der Waals surface area contributed by atoms with E-state index >= 15 is 0 Å². The maximum absolute atomic E-state index is 5.92. The summed E-state index contributed by atoms with van der Waals surface area (Å²) in [5.74, 6) is 0.733. The molecule has 1 heterocycles. The summed E-state index contributed by atoms with van der Waals surface area (Å²) in [6.07, 6.45) is 1.61. The van der Waals surface area contributed by atoms with Gasteiger partial charge in [0.2, 0.25) is 0 Å². The summed E-state index contributed by atoms with van der Waals surface area (Å²) in [5.41, 5.74) is 1.66. The van der Waals surface area contributed by atoms with E-state index in [0.717, 1.165) is 16.8 Å². The molecule has 0 amide bonds. The van der Waals surface area contributed by atoms with Crippen LogP contribution in [-0.2, 0) is 0 Å². The molecule has 2 aromatic rings. The van der Waals surface area contributed by atoms with Crippen molar-refractivity contribution in [2.45, 2.75) is 0 Å². The second-order valence-corrected chi connectivity index (χ2v) is 2.82. The Labute approximate surface area is 74.3 Å². The average molecular weight is 183 g/mol.